The SMILES string of the molecule is C1=CC2=CC=C(C3=CN4CC(c5ccc(-c6c7ccccc7c(-c7ccc8ccccc8c7)c7ccccc67)cc5)N=C4C=C3)CC2C=C1. The lowest BCUT2D eigenvalue weighted by Gasteiger charge is -2.26. The molecule has 2 aliphatic heterocycles. The highest BCUT2D eigenvalue weighted by atomic mass is 15.2. The van der Waals surface area contributed by atoms with Crippen LogP contribution in [0.15, 0.2) is 192 Å². The average Bonchev–Trinajstić information content (AvgIpc) is 3.60. The number of aliphatic imine (C=N–C) groups is 1. The maximum atomic E-state index is 5.15. The summed E-state index contributed by atoms with van der Waals surface area (Å²) in [6, 6.07) is 42.6. The third-order valence-corrected chi connectivity index (χ3v) is 10.7. The molecule has 0 saturated carbocycles. The van der Waals surface area contributed by atoms with Crippen molar-refractivity contribution in [3.8, 4) is 22.3 Å². The van der Waals surface area contributed by atoms with Crippen LogP contribution in [-0.4, -0.2) is 17.3 Å². The molecule has 10 rings (SSSR count). The minimum Gasteiger partial charge on any atom is -0.330 e. The second-order valence-corrected chi connectivity index (χ2v) is 13.5. The Morgan fingerprint density at radius 1 is 0.592 bits per heavy atom. The van der Waals surface area contributed by atoms with E-state index in [0.717, 1.165) is 18.8 Å². The van der Waals surface area contributed by atoms with Gasteiger partial charge in [0, 0.05) is 12.1 Å². The predicted molar refractivity (Wildman–Crippen MR) is 206 cm³/mol. The monoisotopic (exact) mass is 626 g/mol. The molecule has 2 nitrogen and oxygen atoms in total. The summed E-state index contributed by atoms with van der Waals surface area (Å²) in [6.45, 7) is 0.856. The molecule has 4 aliphatic rings. The first kappa shape index (κ1) is 28.1. The van der Waals surface area contributed by atoms with Crippen LogP contribution in [0, 0.1) is 5.92 Å². The predicted octanol–water partition coefficient (Wildman–Crippen LogP) is 11.7. The molecule has 49 heavy (non-hydrogen) atoms. The third-order valence-electron chi connectivity index (χ3n) is 10.7. The first-order valence-electron chi connectivity index (χ1n) is 17.3. The molecule has 2 aliphatic carbocycles. The second kappa shape index (κ2) is 11.3. The summed E-state index contributed by atoms with van der Waals surface area (Å²) in [4.78, 5) is 7.48. The Labute approximate surface area is 286 Å². The van der Waals surface area contributed by atoms with Crippen LogP contribution in [0.4, 0.5) is 0 Å². The van der Waals surface area contributed by atoms with Gasteiger partial charge in [-0.1, -0.05) is 146 Å². The zero-order chi connectivity index (χ0) is 32.3. The Morgan fingerprint density at radius 3 is 2.02 bits per heavy atom. The van der Waals surface area contributed by atoms with E-state index in [-0.39, 0.29) is 6.04 Å². The van der Waals surface area contributed by atoms with Gasteiger partial charge in [0.1, 0.15) is 5.84 Å². The Bertz CT molecular complexity index is 2490. The van der Waals surface area contributed by atoms with E-state index in [4.69, 9.17) is 4.99 Å². The van der Waals surface area contributed by atoms with Crippen LogP contribution in [0.1, 0.15) is 18.0 Å². The van der Waals surface area contributed by atoms with Gasteiger partial charge in [-0.25, -0.2) is 0 Å². The summed E-state index contributed by atoms with van der Waals surface area (Å²) in [6.07, 6.45) is 21.2. The zero-order valence-electron chi connectivity index (χ0n) is 27.1. The molecule has 2 unspecified atom stereocenters. The fourth-order valence-corrected chi connectivity index (χ4v) is 8.20. The maximum absolute atomic E-state index is 5.15. The highest BCUT2D eigenvalue weighted by molar-refractivity contribution is 6.21. The molecule has 0 saturated heterocycles. The fraction of sp³-hybridized carbons (Fsp3) is 0.0851. The van der Waals surface area contributed by atoms with Crippen LogP contribution in [0.5, 0.6) is 0 Å². The van der Waals surface area contributed by atoms with Crippen LogP contribution < -0.4 is 0 Å². The molecule has 0 fully saturated rings. The van der Waals surface area contributed by atoms with Gasteiger partial charge in [-0.3, -0.25) is 4.99 Å². The van der Waals surface area contributed by atoms with Crippen molar-refractivity contribution >= 4 is 38.2 Å². The number of allylic oxidation sites excluding steroid dienone is 10. The Balaban J connectivity index is 0.992. The molecule has 0 bridgehead atoms. The van der Waals surface area contributed by atoms with Crippen molar-refractivity contribution in [3.05, 3.63) is 192 Å². The summed E-state index contributed by atoms with van der Waals surface area (Å²) in [5, 5.41) is 7.63. The van der Waals surface area contributed by atoms with Gasteiger partial charge in [-0.2, -0.15) is 0 Å². The molecular weight excluding hydrogens is 593 g/mol. The second-order valence-electron chi connectivity index (χ2n) is 13.5. The highest BCUT2D eigenvalue weighted by Crippen LogP contribution is 2.44. The summed E-state index contributed by atoms with van der Waals surface area (Å²) >= 11 is 0. The van der Waals surface area contributed by atoms with E-state index in [9.17, 15) is 0 Å². The molecular formula is C47H34N2. The van der Waals surface area contributed by atoms with Crippen molar-refractivity contribution in [1.82, 2.24) is 4.90 Å². The van der Waals surface area contributed by atoms with Gasteiger partial charge in [0.15, 0.2) is 0 Å². The maximum Gasteiger partial charge on any atom is 0.128 e. The summed E-state index contributed by atoms with van der Waals surface area (Å²) in [5.41, 5.74) is 10.4. The van der Waals surface area contributed by atoms with Gasteiger partial charge in [-0.15, -0.1) is 0 Å². The van der Waals surface area contributed by atoms with E-state index in [0.29, 0.717) is 5.92 Å². The zero-order valence-corrected chi connectivity index (χ0v) is 27.1. The van der Waals surface area contributed by atoms with Crippen LogP contribution in [0.2, 0.25) is 0 Å². The van der Waals surface area contributed by atoms with E-state index >= 15 is 0 Å². The Hall–Kier alpha value is -5.99. The van der Waals surface area contributed by atoms with E-state index in [1.165, 1.54) is 76.9 Å². The quantitative estimate of drug-likeness (QED) is 0.178. The van der Waals surface area contributed by atoms with E-state index in [2.05, 4.69) is 175 Å². The molecule has 232 valence electrons. The molecule has 2 heteroatoms. The molecule has 2 heterocycles. The van der Waals surface area contributed by atoms with Crippen molar-refractivity contribution in [2.24, 2.45) is 10.9 Å². The smallest absolute Gasteiger partial charge is 0.128 e. The molecule has 2 atom stereocenters. The number of fused-ring (bicyclic) bond motifs is 5. The minimum absolute atomic E-state index is 0.103. The topological polar surface area (TPSA) is 15.6 Å². The highest BCUT2D eigenvalue weighted by Gasteiger charge is 2.28. The van der Waals surface area contributed by atoms with Gasteiger partial charge < -0.3 is 4.90 Å². The first-order valence-corrected chi connectivity index (χ1v) is 17.3. The van der Waals surface area contributed by atoms with Crippen molar-refractivity contribution in [3.63, 3.8) is 0 Å². The molecule has 6 aromatic carbocycles. The number of benzene rings is 6. The Kier molecular flexibility index (Phi) is 6.48. The normalized spacial score (nSPS) is 19.5. The number of hydrogen-bond donors (Lipinski definition) is 0. The van der Waals surface area contributed by atoms with Crippen molar-refractivity contribution < 1.29 is 0 Å². The van der Waals surface area contributed by atoms with Crippen molar-refractivity contribution in [2.45, 2.75) is 12.5 Å². The minimum atomic E-state index is 0.103. The fourth-order valence-electron chi connectivity index (χ4n) is 8.20. The van der Waals surface area contributed by atoms with Crippen molar-refractivity contribution in [2.75, 3.05) is 6.54 Å². The molecule has 6 aromatic rings. The molecule has 0 aromatic heterocycles. The third kappa shape index (κ3) is 4.75. The molecule has 0 N–H and O–H groups in total. The van der Waals surface area contributed by atoms with E-state index in [1.54, 1.807) is 0 Å². The van der Waals surface area contributed by atoms with E-state index < -0.39 is 0 Å². The van der Waals surface area contributed by atoms with Gasteiger partial charge >= 0.3 is 0 Å². The first-order chi connectivity index (χ1) is 24.3. The summed E-state index contributed by atoms with van der Waals surface area (Å²) in [7, 11) is 0. The van der Waals surface area contributed by atoms with Crippen molar-refractivity contribution in [1.29, 1.82) is 0 Å². The molecule has 0 spiro atoms. The largest absolute Gasteiger partial charge is 0.330 e. The van der Waals surface area contributed by atoms with Gasteiger partial charge in [0.2, 0.25) is 0 Å². The van der Waals surface area contributed by atoms with E-state index in [1.807, 2.05) is 0 Å². The van der Waals surface area contributed by atoms with Crippen LogP contribution in [0.25, 0.3) is 54.6 Å². The van der Waals surface area contributed by atoms with Gasteiger partial charge in [-0.05, 0) is 101 Å². The lowest BCUT2D eigenvalue weighted by Crippen LogP contribution is -2.24. The van der Waals surface area contributed by atoms with Crippen LogP contribution >= 0.6 is 0 Å². The van der Waals surface area contributed by atoms with Crippen LogP contribution in [-0.2, 0) is 0 Å². The number of hydrogen-bond acceptors (Lipinski definition) is 2. The lowest BCUT2D eigenvalue weighted by molar-refractivity contribution is 0.546. The Morgan fingerprint density at radius 2 is 1.27 bits per heavy atom. The number of amidine groups is 1. The molecule has 0 amide bonds. The van der Waals surface area contributed by atoms with Crippen LogP contribution in [0.3, 0.4) is 0 Å². The number of nitrogens with zero attached hydrogens (tertiary/aromatic N) is 2. The summed E-state index contributed by atoms with van der Waals surface area (Å²) in [5.74, 6) is 1.52. The van der Waals surface area contributed by atoms with Gasteiger partial charge in [0.05, 0.1) is 12.6 Å². The standard InChI is InChI=1S/C47H34N2/c1-3-11-35-27-37(23-17-31(35)9-1)39-25-26-45-48-44(30-49(45)29-39)33-19-21-34(22-20-33)46-40-13-5-7-15-42(40)47(43-16-8-6-14-41(43)46)38-24-18-32-10-2-4-12-36(32)28-38/h1-26,28-29,35,44H,27,30H2. The average molecular weight is 627 g/mol. The van der Waals surface area contributed by atoms with Gasteiger partial charge in [0.25, 0.3) is 0 Å². The number of rotatable bonds is 4. The lowest BCUT2D eigenvalue weighted by atomic mass is 9.82. The molecule has 0 radical (unpaired) electrons. The summed E-state index contributed by atoms with van der Waals surface area (Å²) < 4.78 is 0.